The number of rotatable bonds is 7. The van der Waals surface area contributed by atoms with Crippen LogP contribution in [0.1, 0.15) is 45.2 Å². The number of fused-ring (bicyclic) bond motifs is 1. The normalized spacial score (nSPS) is 21.7. The van der Waals surface area contributed by atoms with Gasteiger partial charge in [-0.05, 0) is 54.9 Å². The maximum Gasteiger partial charge on any atom is 0.309 e. The lowest BCUT2D eigenvalue weighted by Crippen LogP contribution is -2.51. The Balaban J connectivity index is 1.64. The second kappa shape index (κ2) is 7.83. The van der Waals surface area contributed by atoms with E-state index in [9.17, 15) is 4.79 Å². The first kappa shape index (κ1) is 19.0. The van der Waals surface area contributed by atoms with E-state index < -0.39 is 5.97 Å². The van der Waals surface area contributed by atoms with Crippen molar-refractivity contribution in [3.8, 4) is 5.75 Å². The minimum atomic E-state index is -0.670. The Kier molecular flexibility index (Phi) is 5.71. The van der Waals surface area contributed by atoms with Crippen LogP contribution in [0, 0.1) is 17.8 Å². The van der Waals surface area contributed by atoms with Gasteiger partial charge >= 0.3 is 5.97 Å². The third kappa shape index (κ3) is 4.47. The maximum absolute atomic E-state index is 11.0. The van der Waals surface area contributed by atoms with Crippen LogP contribution >= 0.6 is 0 Å². The molecule has 0 radical (unpaired) electrons. The molecule has 1 saturated heterocycles. The van der Waals surface area contributed by atoms with Gasteiger partial charge in [-0.25, -0.2) is 0 Å². The summed E-state index contributed by atoms with van der Waals surface area (Å²) >= 11 is 0. The quantitative estimate of drug-likeness (QED) is 0.798. The molecule has 1 aliphatic carbocycles. The number of benzene rings is 1. The number of carbonyl (C=O) groups is 1. The standard InChI is InChI=1S/C22H31NO3/c1-14(2)7-16(4)26-21-6-5-17-9-19(15(3)8-18(17)10-21)11-23-12-20(13-23)22(24)25/h5-6,9-10,14-16,20H,7-8,11-13H2,1-4H3,(H,24,25)/t15-,16?/m0/s1. The van der Waals surface area contributed by atoms with Crippen LogP contribution in [0.25, 0.3) is 6.08 Å². The van der Waals surface area contributed by atoms with Gasteiger partial charge in [0.2, 0.25) is 0 Å². The second-order valence-electron chi connectivity index (χ2n) is 8.47. The average Bonchev–Trinajstić information content (AvgIpc) is 2.49. The molecule has 1 unspecified atom stereocenters. The summed E-state index contributed by atoms with van der Waals surface area (Å²) in [5, 5.41) is 9.02. The van der Waals surface area contributed by atoms with Gasteiger partial charge in [0.05, 0.1) is 12.0 Å². The Morgan fingerprint density at radius 1 is 1.31 bits per heavy atom. The topological polar surface area (TPSA) is 49.8 Å². The molecule has 1 fully saturated rings. The van der Waals surface area contributed by atoms with Crippen LogP contribution in [-0.4, -0.2) is 41.7 Å². The fourth-order valence-electron chi connectivity index (χ4n) is 4.04. The second-order valence-corrected chi connectivity index (χ2v) is 8.47. The van der Waals surface area contributed by atoms with E-state index in [0.29, 0.717) is 24.9 Å². The van der Waals surface area contributed by atoms with E-state index in [1.807, 2.05) is 0 Å². The lowest BCUT2D eigenvalue weighted by molar-refractivity contribution is -0.147. The molecule has 0 aromatic heterocycles. The Bertz CT molecular complexity index is 689. The van der Waals surface area contributed by atoms with E-state index in [-0.39, 0.29) is 12.0 Å². The van der Waals surface area contributed by atoms with Gasteiger partial charge in [-0.3, -0.25) is 9.69 Å². The minimum absolute atomic E-state index is 0.186. The largest absolute Gasteiger partial charge is 0.491 e. The Morgan fingerprint density at radius 3 is 2.69 bits per heavy atom. The van der Waals surface area contributed by atoms with Crippen LogP contribution in [0.3, 0.4) is 0 Å². The zero-order valence-corrected chi connectivity index (χ0v) is 16.4. The number of carboxylic acid groups (broad SMARTS) is 1. The molecule has 2 aliphatic rings. The predicted octanol–water partition coefficient (Wildman–Crippen LogP) is 4.09. The molecule has 0 amide bonds. The number of hydrogen-bond donors (Lipinski definition) is 1. The van der Waals surface area contributed by atoms with Gasteiger partial charge in [0, 0.05) is 19.6 Å². The van der Waals surface area contributed by atoms with E-state index in [2.05, 4.69) is 56.9 Å². The van der Waals surface area contributed by atoms with Crippen LogP contribution in [0.15, 0.2) is 23.8 Å². The molecule has 3 rings (SSSR count). The van der Waals surface area contributed by atoms with Crippen molar-refractivity contribution in [1.29, 1.82) is 0 Å². The smallest absolute Gasteiger partial charge is 0.309 e. The first-order chi connectivity index (χ1) is 12.3. The van der Waals surface area contributed by atoms with Gasteiger partial charge in [0.15, 0.2) is 0 Å². The molecule has 1 aliphatic heterocycles. The Morgan fingerprint density at radius 2 is 2.04 bits per heavy atom. The molecule has 1 N–H and O–H groups in total. The molecule has 0 spiro atoms. The number of aliphatic carboxylic acids is 1. The summed E-state index contributed by atoms with van der Waals surface area (Å²) < 4.78 is 6.09. The third-order valence-electron chi connectivity index (χ3n) is 5.47. The van der Waals surface area contributed by atoms with Gasteiger partial charge in [0.1, 0.15) is 5.75 Å². The molecule has 1 heterocycles. The van der Waals surface area contributed by atoms with Crippen molar-refractivity contribution in [1.82, 2.24) is 4.90 Å². The monoisotopic (exact) mass is 357 g/mol. The van der Waals surface area contributed by atoms with Gasteiger partial charge in [-0.2, -0.15) is 0 Å². The summed E-state index contributed by atoms with van der Waals surface area (Å²) in [6, 6.07) is 6.43. The summed E-state index contributed by atoms with van der Waals surface area (Å²) in [6.07, 6.45) is 4.60. The summed E-state index contributed by atoms with van der Waals surface area (Å²) in [6.45, 7) is 11.1. The molecule has 142 valence electrons. The van der Waals surface area contributed by atoms with Crippen molar-refractivity contribution in [3.05, 3.63) is 34.9 Å². The van der Waals surface area contributed by atoms with E-state index in [1.54, 1.807) is 0 Å². The van der Waals surface area contributed by atoms with Gasteiger partial charge in [0.25, 0.3) is 0 Å². The van der Waals surface area contributed by atoms with Crippen molar-refractivity contribution >= 4 is 12.0 Å². The lowest BCUT2D eigenvalue weighted by Gasteiger charge is -2.38. The highest BCUT2D eigenvalue weighted by Crippen LogP contribution is 2.33. The molecule has 2 atom stereocenters. The van der Waals surface area contributed by atoms with Gasteiger partial charge in [-0.1, -0.05) is 38.5 Å². The number of carboxylic acids is 1. The van der Waals surface area contributed by atoms with Crippen molar-refractivity contribution in [2.75, 3.05) is 19.6 Å². The summed E-state index contributed by atoms with van der Waals surface area (Å²) in [7, 11) is 0. The number of ether oxygens (including phenoxy) is 1. The molecule has 4 heteroatoms. The summed E-state index contributed by atoms with van der Waals surface area (Å²) in [4.78, 5) is 13.2. The average molecular weight is 357 g/mol. The third-order valence-corrected chi connectivity index (χ3v) is 5.47. The van der Waals surface area contributed by atoms with Crippen LogP contribution in [0.5, 0.6) is 5.75 Å². The number of hydrogen-bond acceptors (Lipinski definition) is 3. The van der Waals surface area contributed by atoms with Crippen LogP contribution in [-0.2, 0) is 11.2 Å². The van der Waals surface area contributed by atoms with E-state index in [1.165, 1.54) is 16.7 Å². The number of nitrogens with zero attached hydrogens (tertiary/aromatic N) is 1. The Labute approximate surface area is 156 Å². The van der Waals surface area contributed by atoms with E-state index >= 15 is 0 Å². The molecular weight excluding hydrogens is 326 g/mol. The zero-order chi connectivity index (χ0) is 18.8. The van der Waals surface area contributed by atoms with E-state index in [0.717, 1.165) is 25.1 Å². The predicted molar refractivity (Wildman–Crippen MR) is 104 cm³/mol. The highest BCUT2D eigenvalue weighted by atomic mass is 16.5. The van der Waals surface area contributed by atoms with Crippen LogP contribution < -0.4 is 4.74 Å². The van der Waals surface area contributed by atoms with E-state index in [4.69, 9.17) is 9.84 Å². The molecule has 1 aromatic carbocycles. The van der Waals surface area contributed by atoms with Crippen molar-refractivity contribution in [2.45, 2.75) is 46.6 Å². The fourth-order valence-corrected chi connectivity index (χ4v) is 4.04. The van der Waals surface area contributed by atoms with Gasteiger partial charge in [-0.15, -0.1) is 0 Å². The molecule has 1 aromatic rings. The van der Waals surface area contributed by atoms with Crippen LogP contribution in [0.4, 0.5) is 0 Å². The van der Waals surface area contributed by atoms with Gasteiger partial charge < -0.3 is 9.84 Å². The van der Waals surface area contributed by atoms with Crippen molar-refractivity contribution in [3.63, 3.8) is 0 Å². The highest BCUT2D eigenvalue weighted by molar-refractivity contribution is 5.71. The van der Waals surface area contributed by atoms with Crippen molar-refractivity contribution < 1.29 is 14.6 Å². The first-order valence-electron chi connectivity index (χ1n) is 9.77. The zero-order valence-electron chi connectivity index (χ0n) is 16.4. The van der Waals surface area contributed by atoms with Crippen molar-refractivity contribution in [2.24, 2.45) is 17.8 Å². The first-order valence-corrected chi connectivity index (χ1v) is 9.77. The maximum atomic E-state index is 11.0. The molecule has 0 saturated carbocycles. The fraction of sp³-hybridized carbons (Fsp3) is 0.591. The Hall–Kier alpha value is -1.81. The SMILES string of the molecule is CC(C)CC(C)Oc1ccc2c(c1)C[C@H](C)C(CN1CC(C(=O)O)C1)=C2. The molecule has 0 bridgehead atoms. The number of likely N-dealkylation sites (tertiary alicyclic amines) is 1. The molecule has 4 nitrogen and oxygen atoms in total. The highest BCUT2D eigenvalue weighted by Gasteiger charge is 2.33. The minimum Gasteiger partial charge on any atom is -0.491 e. The lowest BCUT2D eigenvalue weighted by atomic mass is 9.83. The molecular formula is C22H31NO3. The summed E-state index contributed by atoms with van der Waals surface area (Å²) in [5.41, 5.74) is 4.03. The van der Waals surface area contributed by atoms with Crippen LogP contribution in [0.2, 0.25) is 0 Å². The molecule has 26 heavy (non-hydrogen) atoms. The summed E-state index contributed by atoms with van der Waals surface area (Å²) in [5.74, 6) is 1.23.